The number of nitrogens with one attached hydrogen (secondary N) is 1. The lowest BCUT2D eigenvalue weighted by Gasteiger charge is -2.26. The number of carbonyl (C=O) groups excluding carboxylic acids is 1. The number of phenolic OH excluding ortho intramolecular Hbond substituents is 2. The number of aromatic nitrogens is 1. The van der Waals surface area contributed by atoms with Gasteiger partial charge in [0.1, 0.15) is 11.5 Å². The molecule has 1 amide bonds. The van der Waals surface area contributed by atoms with Gasteiger partial charge in [-0.25, -0.2) is 4.79 Å². The summed E-state index contributed by atoms with van der Waals surface area (Å²) in [5, 5.41) is 28.1. The molecule has 0 unspecified atom stereocenters. The van der Waals surface area contributed by atoms with Crippen LogP contribution in [0, 0.1) is 0 Å². The van der Waals surface area contributed by atoms with Crippen molar-refractivity contribution in [3.8, 4) is 39.8 Å². The molecule has 1 aliphatic rings. The maximum atomic E-state index is 12.3. The van der Waals surface area contributed by atoms with E-state index in [0.717, 1.165) is 44.0 Å². The fourth-order valence-corrected chi connectivity index (χ4v) is 4.77. The highest BCUT2D eigenvalue weighted by atomic mass is 16.6. The van der Waals surface area contributed by atoms with Crippen LogP contribution < -0.4 is 10.1 Å². The zero-order valence-corrected chi connectivity index (χ0v) is 22.4. The largest absolute Gasteiger partial charge is 0.508 e. The lowest BCUT2D eigenvalue weighted by atomic mass is 9.96. The zero-order chi connectivity index (χ0) is 27.9. The second-order valence-corrected chi connectivity index (χ2v) is 9.68. The van der Waals surface area contributed by atoms with Crippen LogP contribution in [0.15, 0.2) is 71.3 Å². The Kier molecular flexibility index (Phi) is 8.63. The van der Waals surface area contributed by atoms with E-state index in [0.29, 0.717) is 41.6 Å². The Morgan fingerprint density at radius 3 is 2.45 bits per heavy atom. The SMILES string of the molecule is CCNC(=O)Oc1noc(-c2cc(CCc3ccccc3)c(O)cc2O)c1-c1ccc(CN2CCOCC2)cc1. The van der Waals surface area contributed by atoms with Gasteiger partial charge in [0.2, 0.25) is 0 Å². The van der Waals surface area contributed by atoms with Crippen molar-refractivity contribution in [3.05, 3.63) is 83.4 Å². The first kappa shape index (κ1) is 27.2. The second-order valence-electron chi connectivity index (χ2n) is 9.68. The molecular weight excluding hydrogens is 510 g/mol. The standard InChI is InChI=1S/C31H33N3O6/c1-2-32-31(37)39-30-28(23-11-9-22(10-12-23)20-34-14-16-38-17-15-34)29(40-33-30)25-18-24(26(35)19-27(25)36)13-8-21-6-4-3-5-7-21/h3-7,9-12,18-19,35-36H,2,8,13-17,20H2,1H3,(H,32,37). The van der Waals surface area contributed by atoms with Gasteiger partial charge in [-0.1, -0.05) is 54.6 Å². The van der Waals surface area contributed by atoms with Crippen molar-refractivity contribution in [2.75, 3.05) is 32.8 Å². The molecule has 5 rings (SSSR count). The van der Waals surface area contributed by atoms with Crippen molar-refractivity contribution in [1.29, 1.82) is 0 Å². The highest BCUT2D eigenvalue weighted by molar-refractivity contribution is 5.87. The number of aromatic hydroxyl groups is 2. The van der Waals surface area contributed by atoms with E-state index < -0.39 is 6.09 Å². The molecule has 1 aromatic heterocycles. The van der Waals surface area contributed by atoms with Gasteiger partial charge in [-0.3, -0.25) is 4.90 Å². The number of nitrogens with zero attached hydrogens (tertiary/aromatic N) is 2. The summed E-state index contributed by atoms with van der Waals surface area (Å²) in [4.78, 5) is 14.6. The molecule has 0 spiro atoms. The number of ether oxygens (including phenoxy) is 2. The molecule has 9 nitrogen and oxygen atoms in total. The predicted molar refractivity (Wildman–Crippen MR) is 150 cm³/mol. The Bertz CT molecular complexity index is 1430. The summed E-state index contributed by atoms with van der Waals surface area (Å²) in [6.45, 7) is 6.20. The van der Waals surface area contributed by atoms with Gasteiger partial charge in [0.05, 0.1) is 24.3 Å². The van der Waals surface area contributed by atoms with Crippen molar-refractivity contribution in [3.63, 3.8) is 0 Å². The lowest BCUT2D eigenvalue weighted by Crippen LogP contribution is -2.35. The Morgan fingerprint density at radius 2 is 1.73 bits per heavy atom. The highest BCUT2D eigenvalue weighted by Crippen LogP contribution is 2.44. The van der Waals surface area contributed by atoms with Gasteiger partial charge in [-0.05, 0) is 53.2 Å². The Morgan fingerprint density at radius 1 is 0.975 bits per heavy atom. The Hall–Kier alpha value is -4.34. The van der Waals surface area contributed by atoms with Crippen LogP contribution in [0.4, 0.5) is 4.79 Å². The topological polar surface area (TPSA) is 117 Å². The molecule has 4 aromatic rings. The van der Waals surface area contributed by atoms with E-state index in [-0.39, 0.29) is 23.1 Å². The third kappa shape index (κ3) is 6.44. The number of hydrogen-bond acceptors (Lipinski definition) is 8. The molecule has 208 valence electrons. The van der Waals surface area contributed by atoms with E-state index in [1.807, 2.05) is 54.6 Å². The Labute approximate surface area is 232 Å². The van der Waals surface area contributed by atoms with E-state index in [4.69, 9.17) is 14.0 Å². The molecule has 0 bridgehead atoms. The zero-order valence-electron chi connectivity index (χ0n) is 22.4. The molecule has 3 N–H and O–H groups in total. The van der Waals surface area contributed by atoms with E-state index >= 15 is 0 Å². The smallest absolute Gasteiger partial charge is 0.414 e. The molecule has 1 saturated heterocycles. The summed E-state index contributed by atoms with van der Waals surface area (Å²) in [6.07, 6.45) is 0.592. The van der Waals surface area contributed by atoms with Crippen molar-refractivity contribution < 1.29 is 29.0 Å². The monoisotopic (exact) mass is 543 g/mol. The van der Waals surface area contributed by atoms with Gasteiger partial charge >= 0.3 is 6.09 Å². The number of phenols is 2. The minimum absolute atomic E-state index is 0.00971. The van der Waals surface area contributed by atoms with Crippen LogP contribution in [-0.2, 0) is 24.1 Å². The molecule has 1 aliphatic heterocycles. The maximum absolute atomic E-state index is 12.3. The van der Waals surface area contributed by atoms with Crippen LogP contribution in [0.1, 0.15) is 23.6 Å². The van der Waals surface area contributed by atoms with Gasteiger partial charge in [-0.15, -0.1) is 0 Å². The van der Waals surface area contributed by atoms with E-state index in [2.05, 4.69) is 15.4 Å². The number of rotatable bonds is 9. The molecule has 1 fully saturated rings. The quantitative estimate of drug-likeness (QED) is 0.266. The van der Waals surface area contributed by atoms with Crippen molar-refractivity contribution in [2.24, 2.45) is 0 Å². The number of amides is 1. The van der Waals surface area contributed by atoms with Crippen LogP contribution in [0.5, 0.6) is 17.4 Å². The minimum Gasteiger partial charge on any atom is -0.508 e. The third-order valence-corrected chi connectivity index (χ3v) is 6.89. The van der Waals surface area contributed by atoms with Crippen LogP contribution in [0.25, 0.3) is 22.5 Å². The molecule has 0 radical (unpaired) electrons. The third-order valence-electron chi connectivity index (χ3n) is 6.89. The number of aryl methyl sites for hydroxylation is 2. The lowest BCUT2D eigenvalue weighted by molar-refractivity contribution is 0.0342. The number of morpholine rings is 1. The van der Waals surface area contributed by atoms with Gasteiger partial charge < -0.3 is 29.5 Å². The van der Waals surface area contributed by atoms with Crippen molar-refractivity contribution in [1.82, 2.24) is 15.4 Å². The molecule has 9 heteroatoms. The average Bonchev–Trinajstić information content (AvgIpc) is 3.37. The fourth-order valence-electron chi connectivity index (χ4n) is 4.77. The fraction of sp³-hybridized carbons (Fsp3) is 0.290. The summed E-state index contributed by atoms with van der Waals surface area (Å²) in [6, 6.07) is 20.8. The van der Waals surface area contributed by atoms with Gasteiger partial charge in [0, 0.05) is 32.2 Å². The number of benzene rings is 3. The summed E-state index contributed by atoms with van der Waals surface area (Å²) in [5.74, 6) is 0.0373. The highest BCUT2D eigenvalue weighted by Gasteiger charge is 2.26. The Balaban J connectivity index is 1.48. The predicted octanol–water partition coefficient (Wildman–Crippen LogP) is 5.15. The minimum atomic E-state index is -0.661. The summed E-state index contributed by atoms with van der Waals surface area (Å²) in [7, 11) is 0. The van der Waals surface area contributed by atoms with Gasteiger partial charge in [0.15, 0.2) is 5.76 Å². The van der Waals surface area contributed by atoms with Gasteiger partial charge in [0.25, 0.3) is 5.88 Å². The molecular formula is C31H33N3O6. The first-order valence-corrected chi connectivity index (χ1v) is 13.5. The van der Waals surface area contributed by atoms with Crippen LogP contribution in [-0.4, -0.2) is 59.2 Å². The normalized spacial score (nSPS) is 13.7. The summed E-state index contributed by atoms with van der Waals surface area (Å²) < 4.78 is 16.6. The second kappa shape index (κ2) is 12.7. The first-order chi connectivity index (χ1) is 19.5. The summed E-state index contributed by atoms with van der Waals surface area (Å²) in [5.41, 5.74) is 4.38. The molecule has 0 aliphatic carbocycles. The van der Waals surface area contributed by atoms with Crippen molar-refractivity contribution in [2.45, 2.75) is 26.3 Å². The van der Waals surface area contributed by atoms with Crippen LogP contribution in [0.3, 0.4) is 0 Å². The van der Waals surface area contributed by atoms with E-state index in [1.54, 1.807) is 13.0 Å². The van der Waals surface area contributed by atoms with E-state index in [9.17, 15) is 15.0 Å². The average molecular weight is 544 g/mol. The van der Waals surface area contributed by atoms with E-state index in [1.165, 1.54) is 6.07 Å². The molecule has 3 aromatic carbocycles. The maximum Gasteiger partial charge on any atom is 0.414 e. The molecule has 40 heavy (non-hydrogen) atoms. The summed E-state index contributed by atoms with van der Waals surface area (Å²) >= 11 is 0. The molecule has 2 heterocycles. The number of hydrogen-bond donors (Lipinski definition) is 3. The molecule has 0 atom stereocenters. The van der Waals surface area contributed by atoms with Crippen molar-refractivity contribution >= 4 is 6.09 Å². The molecule has 0 saturated carbocycles. The van der Waals surface area contributed by atoms with Crippen LogP contribution >= 0.6 is 0 Å². The number of carbonyl (C=O) groups is 1. The van der Waals surface area contributed by atoms with Crippen LogP contribution in [0.2, 0.25) is 0 Å². The first-order valence-electron chi connectivity index (χ1n) is 13.5. The van der Waals surface area contributed by atoms with Gasteiger partial charge in [-0.2, -0.15) is 0 Å².